The minimum Gasteiger partial charge on any atom is -0.407 e. The predicted octanol–water partition coefficient (Wildman–Crippen LogP) is 7.76. The fourth-order valence-electron chi connectivity index (χ4n) is 7.30. The number of allylic oxidation sites excluding steroid dienone is 3. The van der Waals surface area contributed by atoms with Crippen molar-refractivity contribution in [3.05, 3.63) is 41.9 Å². The molecule has 4 rings (SSSR count). The van der Waals surface area contributed by atoms with Crippen molar-refractivity contribution >= 4 is 17.0 Å². The Kier molecular flexibility index (Phi) is 7.64. The van der Waals surface area contributed by atoms with E-state index in [1.54, 1.807) is 6.33 Å². The zero-order valence-corrected chi connectivity index (χ0v) is 24.8. The van der Waals surface area contributed by atoms with E-state index in [1.165, 1.54) is 43.3 Å². The zero-order chi connectivity index (χ0) is 27.2. The van der Waals surface area contributed by atoms with E-state index in [0.29, 0.717) is 22.6 Å². The smallest absolute Gasteiger partial charge is 0.300 e. The van der Waals surface area contributed by atoms with Crippen molar-refractivity contribution in [3.8, 4) is 0 Å². The summed E-state index contributed by atoms with van der Waals surface area (Å²) in [4.78, 5) is 14.6. The van der Waals surface area contributed by atoms with Crippen LogP contribution in [0.2, 0.25) is 0 Å². The Labute approximate surface area is 224 Å². The number of imidazole rings is 1. The van der Waals surface area contributed by atoms with Crippen LogP contribution in [0.5, 0.6) is 0 Å². The first kappa shape index (κ1) is 27.8. The predicted molar refractivity (Wildman–Crippen MR) is 151 cm³/mol. The van der Waals surface area contributed by atoms with Crippen LogP contribution in [0.1, 0.15) is 93.9 Å². The Morgan fingerprint density at radius 1 is 1.27 bits per heavy atom. The lowest BCUT2D eigenvalue weighted by atomic mass is 9.44. The number of nitrogens with zero attached hydrogens (tertiary/aromatic N) is 5. The summed E-state index contributed by atoms with van der Waals surface area (Å²) in [6.07, 6.45) is 13.6. The molecule has 0 bridgehead atoms. The van der Waals surface area contributed by atoms with Crippen molar-refractivity contribution in [2.24, 2.45) is 35.6 Å². The molecule has 204 valence electrons. The quantitative estimate of drug-likeness (QED) is 0.218. The molecule has 2 aromatic rings. The van der Waals surface area contributed by atoms with Gasteiger partial charge < -0.3 is 15.3 Å². The lowest BCUT2D eigenvalue weighted by Crippen LogP contribution is -2.53. The number of rotatable bonds is 7. The monoisotopic (exact) mass is 507 g/mol. The number of hydrogen-bond acceptors (Lipinski definition) is 3. The molecule has 6 nitrogen and oxygen atoms in total. The van der Waals surface area contributed by atoms with Crippen LogP contribution >= 0.6 is 0 Å². The van der Waals surface area contributed by atoms with E-state index in [2.05, 4.69) is 73.6 Å². The molecule has 6 heteroatoms. The first-order valence-electron chi connectivity index (χ1n) is 14.2. The van der Waals surface area contributed by atoms with Gasteiger partial charge in [-0.25, -0.2) is 4.57 Å². The molecule has 0 saturated heterocycles. The number of hydrogen-bond donors (Lipinski definition) is 0. The molecule has 0 unspecified atom stereocenters. The van der Waals surface area contributed by atoms with Crippen molar-refractivity contribution < 1.29 is 9.40 Å². The Bertz CT molecular complexity index is 1170. The second-order valence-corrected chi connectivity index (χ2v) is 13.7. The summed E-state index contributed by atoms with van der Waals surface area (Å²) < 4.78 is 4.20. The third kappa shape index (κ3) is 5.50. The van der Waals surface area contributed by atoms with Gasteiger partial charge in [0.15, 0.2) is 11.8 Å². The molecule has 2 saturated carbocycles. The van der Waals surface area contributed by atoms with Crippen LogP contribution in [0.4, 0.5) is 5.82 Å². The van der Waals surface area contributed by atoms with Gasteiger partial charge in [0.05, 0.1) is 25.5 Å². The topological polar surface area (TPSA) is 57.9 Å². The molecule has 2 fully saturated rings. The lowest BCUT2D eigenvalue weighted by Gasteiger charge is -2.61. The van der Waals surface area contributed by atoms with Crippen LogP contribution in [-0.4, -0.2) is 20.1 Å². The van der Waals surface area contributed by atoms with E-state index >= 15 is 0 Å². The van der Waals surface area contributed by atoms with Crippen LogP contribution in [0.3, 0.4) is 0 Å². The van der Waals surface area contributed by atoms with E-state index in [9.17, 15) is 0 Å². The third-order valence-corrected chi connectivity index (χ3v) is 9.66. The van der Waals surface area contributed by atoms with Gasteiger partial charge in [0.2, 0.25) is 0 Å². The van der Waals surface area contributed by atoms with E-state index < -0.39 is 0 Å². The second-order valence-electron chi connectivity index (χ2n) is 13.7. The standard InChI is InChI=1S/C31H49N5O/c1-21(11-13-24-15-17-30(7,8)25-14-12-22(2)23(3)31(24,25)9)16-18-36-20-35(10)28-26(36)27(32-19-33-28)34-37-29(4,5)6/h16,19-20,23-25H,2,11-15,17-18H2,1,3-10H3/b21-16+/t23-,24+,25-,31-/m0/s1. The molecular formula is C31H49N5O. The molecule has 37 heavy (non-hydrogen) atoms. The average molecular weight is 508 g/mol. The Balaban J connectivity index is 1.49. The van der Waals surface area contributed by atoms with Crippen LogP contribution < -0.4 is 4.57 Å². The van der Waals surface area contributed by atoms with Crippen LogP contribution in [0.25, 0.3) is 16.6 Å². The van der Waals surface area contributed by atoms with Gasteiger partial charge in [-0.05, 0) is 94.8 Å². The molecule has 2 aliphatic rings. The van der Waals surface area contributed by atoms with Crippen LogP contribution in [0.15, 0.2) is 36.5 Å². The molecular weight excluding hydrogens is 458 g/mol. The summed E-state index contributed by atoms with van der Waals surface area (Å²) >= 11 is 0. The summed E-state index contributed by atoms with van der Waals surface area (Å²) in [5.74, 6) is 2.71. The van der Waals surface area contributed by atoms with E-state index in [4.69, 9.17) is 4.84 Å². The van der Waals surface area contributed by atoms with Crippen LogP contribution in [-0.2, 0) is 18.4 Å². The summed E-state index contributed by atoms with van der Waals surface area (Å²) in [6.45, 7) is 23.6. The second kappa shape index (κ2) is 10.2. The van der Waals surface area contributed by atoms with Gasteiger partial charge >= 0.3 is 5.65 Å². The SMILES string of the molecule is C=C1CC[C@H]2C(C)(C)CC[C@@H](CC/C(C)=C/Cn3c[n+](C)c4ncnc([N-]OC(C)(C)C)c43)[C@]2(C)[C@H]1C. The number of aromatic nitrogens is 4. The minimum absolute atomic E-state index is 0.350. The van der Waals surface area contributed by atoms with Gasteiger partial charge in [0.25, 0.3) is 0 Å². The summed E-state index contributed by atoms with van der Waals surface area (Å²) in [5.41, 5.74) is 9.43. The summed E-state index contributed by atoms with van der Waals surface area (Å²) in [6, 6.07) is 0. The molecule has 2 heterocycles. The van der Waals surface area contributed by atoms with E-state index in [1.807, 2.05) is 32.4 Å². The van der Waals surface area contributed by atoms with Gasteiger partial charge in [-0.3, -0.25) is 4.57 Å². The molecule has 2 aromatic heterocycles. The third-order valence-electron chi connectivity index (χ3n) is 9.66. The largest absolute Gasteiger partial charge is 0.407 e. The van der Waals surface area contributed by atoms with Crippen molar-refractivity contribution in [2.45, 2.75) is 106 Å². The van der Waals surface area contributed by atoms with Crippen LogP contribution in [0, 0.1) is 28.6 Å². The van der Waals surface area contributed by atoms with Crippen molar-refractivity contribution in [1.29, 1.82) is 0 Å². The molecule has 0 amide bonds. The Hall–Kier alpha value is -2.21. The highest BCUT2D eigenvalue weighted by atomic mass is 16.7. The van der Waals surface area contributed by atoms with Gasteiger partial charge in [0, 0.05) is 5.82 Å². The summed E-state index contributed by atoms with van der Waals surface area (Å²) in [7, 11) is 2.01. The maximum absolute atomic E-state index is 5.69. The Morgan fingerprint density at radius 2 is 2.00 bits per heavy atom. The van der Waals surface area contributed by atoms with Gasteiger partial charge in [-0.15, -0.1) is 4.98 Å². The van der Waals surface area contributed by atoms with Gasteiger partial charge in [-0.1, -0.05) is 51.5 Å². The van der Waals surface area contributed by atoms with E-state index in [0.717, 1.165) is 36.0 Å². The van der Waals surface area contributed by atoms with Gasteiger partial charge in [0.1, 0.15) is 0 Å². The lowest BCUT2D eigenvalue weighted by molar-refractivity contribution is -0.647. The molecule has 0 aliphatic heterocycles. The summed E-state index contributed by atoms with van der Waals surface area (Å²) in [5, 5.41) is 0. The molecule has 0 aromatic carbocycles. The maximum atomic E-state index is 5.69. The molecule has 0 spiro atoms. The number of aryl methyl sites for hydroxylation is 1. The van der Waals surface area contributed by atoms with Gasteiger partial charge in [-0.2, -0.15) is 0 Å². The Morgan fingerprint density at radius 3 is 2.70 bits per heavy atom. The molecule has 2 aliphatic carbocycles. The molecule has 0 radical (unpaired) electrons. The highest BCUT2D eigenvalue weighted by Crippen LogP contribution is 2.63. The normalized spacial score (nSPS) is 28.4. The average Bonchev–Trinajstić information content (AvgIpc) is 3.14. The van der Waals surface area contributed by atoms with Crippen molar-refractivity contribution in [1.82, 2.24) is 14.5 Å². The fourth-order valence-corrected chi connectivity index (χ4v) is 7.30. The first-order valence-corrected chi connectivity index (χ1v) is 14.2. The fraction of sp³-hybridized carbons (Fsp3) is 0.710. The van der Waals surface area contributed by atoms with E-state index in [-0.39, 0.29) is 5.60 Å². The maximum Gasteiger partial charge on any atom is 0.300 e. The zero-order valence-electron chi connectivity index (χ0n) is 24.8. The highest BCUT2D eigenvalue weighted by molar-refractivity contribution is 5.81. The minimum atomic E-state index is -0.375. The van der Waals surface area contributed by atoms with Crippen molar-refractivity contribution in [3.63, 3.8) is 0 Å². The molecule has 4 atom stereocenters. The highest BCUT2D eigenvalue weighted by Gasteiger charge is 2.55. The first-order chi connectivity index (χ1) is 17.2. The van der Waals surface area contributed by atoms with Crippen molar-refractivity contribution in [2.75, 3.05) is 0 Å². The molecule has 0 N–H and O–H groups in total. The number of fused-ring (bicyclic) bond motifs is 2.